The van der Waals surface area contributed by atoms with E-state index in [2.05, 4.69) is 0 Å². The molecule has 0 unspecified atom stereocenters. The lowest BCUT2D eigenvalue weighted by Crippen LogP contribution is -2.42. The first-order valence-corrected chi connectivity index (χ1v) is 7.63. The SMILES string of the molecule is CC(C)N(C(=O)c1ccc(-c2ccccc2)cc1O)C(C)C. The average Bonchev–Trinajstić information content (AvgIpc) is 2.47. The summed E-state index contributed by atoms with van der Waals surface area (Å²) < 4.78 is 0. The molecule has 0 aliphatic heterocycles. The normalized spacial score (nSPS) is 11.0. The van der Waals surface area contributed by atoms with Gasteiger partial charge >= 0.3 is 0 Å². The van der Waals surface area contributed by atoms with Gasteiger partial charge in [-0.15, -0.1) is 0 Å². The van der Waals surface area contributed by atoms with Crippen LogP contribution in [0.5, 0.6) is 5.75 Å². The Bertz CT molecular complexity index is 640. The van der Waals surface area contributed by atoms with Gasteiger partial charge in [-0.2, -0.15) is 0 Å². The van der Waals surface area contributed by atoms with Gasteiger partial charge in [-0.25, -0.2) is 0 Å². The highest BCUT2D eigenvalue weighted by atomic mass is 16.3. The maximum absolute atomic E-state index is 12.7. The highest BCUT2D eigenvalue weighted by molar-refractivity contribution is 5.97. The van der Waals surface area contributed by atoms with E-state index < -0.39 is 0 Å². The van der Waals surface area contributed by atoms with E-state index in [0.717, 1.165) is 11.1 Å². The number of phenolic OH excluding ortho intramolecular Hbond substituents is 1. The molecule has 1 N–H and O–H groups in total. The lowest BCUT2D eigenvalue weighted by Gasteiger charge is -2.31. The topological polar surface area (TPSA) is 40.5 Å². The molecular weight excluding hydrogens is 274 g/mol. The number of carbonyl (C=O) groups is 1. The fourth-order valence-electron chi connectivity index (χ4n) is 2.73. The van der Waals surface area contributed by atoms with Crippen molar-refractivity contribution >= 4 is 5.91 Å². The summed E-state index contributed by atoms with van der Waals surface area (Å²) in [5.41, 5.74) is 2.26. The molecule has 0 fully saturated rings. The molecule has 22 heavy (non-hydrogen) atoms. The Morgan fingerprint density at radius 1 is 0.909 bits per heavy atom. The molecule has 0 saturated heterocycles. The molecule has 0 heterocycles. The lowest BCUT2D eigenvalue weighted by atomic mass is 10.0. The molecule has 1 amide bonds. The molecule has 0 bridgehead atoms. The second kappa shape index (κ2) is 6.65. The van der Waals surface area contributed by atoms with Gasteiger partial charge in [-0.05, 0) is 51.0 Å². The Labute approximate surface area is 132 Å². The van der Waals surface area contributed by atoms with Crippen molar-refractivity contribution in [2.75, 3.05) is 0 Å². The summed E-state index contributed by atoms with van der Waals surface area (Å²) in [6, 6.07) is 15.2. The van der Waals surface area contributed by atoms with Gasteiger partial charge in [-0.1, -0.05) is 36.4 Å². The Hall–Kier alpha value is -2.29. The van der Waals surface area contributed by atoms with Gasteiger partial charge in [0.25, 0.3) is 5.91 Å². The number of hydrogen-bond acceptors (Lipinski definition) is 2. The number of benzene rings is 2. The third-order valence-electron chi connectivity index (χ3n) is 3.68. The molecule has 2 aromatic rings. The zero-order chi connectivity index (χ0) is 16.3. The molecule has 3 heteroatoms. The van der Waals surface area contributed by atoms with E-state index in [-0.39, 0.29) is 23.7 Å². The van der Waals surface area contributed by atoms with Crippen LogP contribution in [0.2, 0.25) is 0 Å². The first-order valence-electron chi connectivity index (χ1n) is 7.63. The number of carbonyl (C=O) groups excluding carboxylic acids is 1. The van der Waals surface area contributed by atoms with Crippen LogP contribution in [-0.2, 0) is 0 Å². The van der Waals surface area contributed by atoms with Crippen LogP contribution >= 0.6 is 0 Å². The maximum atomic E-state index is 12.7. The van der Waals surface area contributed by atoms with Gasteiger partial charge < -0.3 is 10.0 Å². The fraction of sp³-hybridized carbons (Fsp3) is 0.316. The van der Waals surface area contributed by atoms with E-state index in [1.165, 1.54) is 0 Å². The van der Waals surface area contributed by atoms with Crippen LogP contribution in [0.1, 0.15) is 38.1 Å². The molecule has 0 atom stereocenters. The van der Waals surface area contributed by atoms with Crippen molar-refractivity contribution in [1.82, 2.24) is 4.90 Å². The smallest absolute Gasteiger partial charge is 0.258 e. The number of aromatic hydroxyl groups is 1. The molecule has 3 nitrogen and oxygen atoms in total. The van der Waals surface area contributed by atoms with E-state index in [1.807, 2.05) is 64.1 Å². The fourth-order valence-corrected chi connectivity index (χ4v) is 2.73. The second-order valence-electron chi connectivity index (χ2n) is 6.00. The zero-order valence-corrected chi connectivity index (χ0v) is 13.6. The van der Waals surface area contributed by atoms with Gasteiger partial charge in [0.1, 0.15) is 5.75 Å². The van der Waals surface area contributed by atoms with Crippen LogP contribution in [0.4, 0.5) is 0 Å². The highest BCUT2D eigenvalue weighted by Crippen LogP contribution is 2.28. The second-order valence-corrected chi connectivity index (χ2v) is 6.00. The van der Waals surface area contributed by atoms with Gasteiger partial charge in [0.2, 0.25) is 0 Å². The highest BCUT2D eigenvalue weighted by Gasteiger charge is 2.23. The summed E-state index contributed by atoms with van der Waals surface area (Å²) in [6.07, 6.45) is 0. The Morgan fingerprint density at radius 2 is 1.50 bits per heavy atom. The van der Waals surface area contributed by atoms with Gasteiger partial charge in [0.05, 0.1) is 5.56 Å². The molecule has 116 valence electrons. The average molecular weight is 297 g/mol. The van der Waals surface area contributed by atoms with E-state index in [1.54, 1.807) is 17.0 Å². The minimum Gasteiger partial charge on any atom is -0.507 e. The van der Waals surface area contributed by atoms with Gasteiger partial charge in [0, 0.05) is 12.1 Å². The van der Waals surface area contributed by atoms with Crippen LogP contribution in [0.15, 0.2) is 48.5 Å². The molecular formula is C19H23NO2. The monoisotopic (exact) mass is 297 g/mol. The van der Waals surface area contributed by atoms with Crippen LogP contribution < -0.4 is 0 Å². The van der Waals surface area contributed by atoms with Crippen molar-refractivity contribution in [3.05, 3.63) is 54.1 Å². The van der Waals surface area contributed by atoms with Gasteiger partial charge in [0.15, 0.2) is 0 Å². The largest absolute Gasteiger partial charge is 0.507 e. The third kappa shape index (κ3) is 3.30. The minimum absolute atomic E-state index is 0.0256. The number of hydrogen-bond donors (Lipinski definition) is 1. The standard InChI is InChI=1S/C19H23NO2/c1-13(2)20(14(3)4)19(22)17-11-10-16(12-18(17)21)15-8-6-5-7-9-15/h5-14,21H,1-4H3. The number of rotatable bonds is 4. The Morgan fingerprint density at radius 3 is 2.00 bits per heavy atom. The number of amides is 1. The molecule has 0 aliphatic carbocycles. The molecule has 2 rings (SSSR count). The summed E-state index contributed by atoms with van der Waals surface area (Å²) >= 11 is 0. The Balaban J connectivity index is 2.36. The van der Waals surface area contributed by atoms with E-state index in [9.17, 15) is 9.90 Å². The number of nitrogens with zero attached hydrogens (tertiary/aromatic N) is 1. The predicted molar refractivity (Wildman–Crippen MR) is 90.0 cm³/mol. The maximum Gasteiger partial charge on any atom is 0.258 e. The first-order chi connectivity index (χ1) is 10.4. The summed E-state index contributed by atoms with van der Waals surface area (Å²) in [6.45, 7) is 7.92. The predicted octanol–water partition coefficient (Wildman–Crippen LogP) is 4.32. The van der Waals surface area contributed by atoms with E-state index in [4.69, 9.17) is 0 Å². The summed E-state index contributed by atoms with van der Waals surface area (Å²) in [4.78, 5) is 14.4. The molecule has 0 spiro atoms. The third-order valence-corrected chi connectivity index (χ3v) is 3.68. The van der Waals surface area contributed by atoms with Crippen LogP contribution in [-0.4, -0.2) is 28.0 Å². The molecule has 0 aromatic heterocycles. The van der Waals surface area contributed by atoms with Crippen LogP contribution in [0, 0.1) is 0 Å². The van der Waals surface area contributed by atoms with Crippen molar-refractivity contribution in [3.8, 4) is 16.9 Å². The van der Waals surface area contributed by atoms with Crippen LogP contribution in [0.3, 0.4) is 0 Å². The quantitative estimate of drug-likeness (QED) is 0.913. The summed E-state index contributed by atoms with van der Waals surface area (Å²) in [5, 5.41) is 10.3. The Kier molecular flexibility index (Phi) is 4.86. The van der Waals surface area contributed by atoms with Crippen molar-refractivity contribution in [2.45, 2.75) is 39.8 Å². The van der Waals surface area contributed by atoms with E-state index in [0.29, 0.717) is 5.56 Å². The van der Waals surface area contributed by atoms with Crippen LogP contribution in [0.25, 0.3) is 11.1 Å². The molecule has 0 saturated carbocycles. The minimum atomic E-state index is -0.137. The van der Waals surface area contributed by atoms with Crippen molar-refractivity contribution in [3.63, 3.8) is 0 Å². The first kappa shape index (κ1) is 16.1. The molecule has 0 radical (unpaired) electrons. The lowest BCUT2D eigenvalue weighted by molar-refractivity contribution is 0.0640. The van der Waals surface area contributed by atoms with Crippen molar-refractivity contribution in [2.24, 2.45) is 0 Å². The van der Waals surface area contributed by atoms with Gasteiger partial charge in [-0.3, -0.25) is 4.79 Å². The van der Waals surface area contributed by atoms with E-state index >= 15 is 0 Å². The molecule has 2 aromatic carbocycles. The summed E-state index contributed by atoms with van der Waals surface area (Å²) in [5.74, 6) is -0.111. The molecule has 0 aliphatic rings. The zero-order valence-electron chi connectivity index (χ0n) is 13.6. The summed E-state index contributed by atoms with van der Waals surface area (Å²) in [7, 11) is 0. The van der Waals surface area contributed by atoms with Crippen molar-refractivity contribution in [1.29, 1.82) is 0 Å². The van der Waals surface area contributed by atoms with Crippen molar-refractivity contribution < 1.29 is 9.90 Å². The number of phenols is 1.